The quantitative estimate of drug-likeness (QED) is 0.883. The van der Waals surface area contributed by atoms with Gasteiger partial charge in [-0.05, 0) is 39.8 Å². The zero-order valence-electron chi connectivity index (χ0n) is 11.1. The fourth-order valence-electron chi connectivity index (χ4n) is 1.74. The predicted octanol–water partition coefficient (Wildman–Crippen LogP) is 1.72. The molecule has 1 aromatic rings. The Hall–Kier alpha value is -1.91. The van der Waals surface area contributed by atoms with Gasteiger partial charge in [-0.25, -0.2) is 4.79 Å². The van der Waals surface area contributed by atoms with Crippen molar-refractivity contribution in [3.63, 3.8) is 0 Å². The third-order valence-electron chi connectivity index (χ3n) is 2.90. The van der Waals surface area contributed by atoms with E-state index in [2.05, 4.69) is 4.98 Å². The Balaban J connectivity index is 3.11. The number of likely N-dealkylation sites (N-methyl/N-ethyl adjacent to an activating group) is 1. The molecule has 1 rings (SSSR count). The van der Waals surface area contributed by atoms with Gasteiger partial charge in [-0.3, -0.25) is 9.78 Å². The molecule has 5 nitrogen and oxygen atoms in total. The van der Waals surface area contributed by atoms with Crippen LogP contribution in [0.25, 0.3) is 0 Å². The SMILES string of the molecule is CCN(C(=O)c1ccnc(C)c1)C(C)(C)C(=O)O. The Morgan fingerprint density at radius 3 is 2.50 bits per heavy atom. The van der Waals surface area contributed by atoms with Gasteiger partial charge in [0.15, 0.2) is 0 Å². The normalized spacial score (nSPS) is 11.1. The van der Waals surface area contributed by atoms with Crippen molar-refractivity contribution in [3.8, 4) is 0 Å². The Bertz CT molecular complexity index is 469. The summed E-state index contributed by atoms with van der Waals surface area (Å²) >= 11 is 0. The minimum absolute atomic E-state index is 0.296. The predicted molar refractivity (Wildman–Crippen MR) is 67.4 cm³/mol. The van der Waals surface area contributed by atoms with Crippen LogP contribution < -0.4 is 0 Å². The first-order valence-corrected chi connectivity index (χ1v) is 5.78. The first-order chi connectivity index (χ1) is 8.30. The molecule has 1 N–H and O–H groups in total. The molecule has 0 saturated carbocycles. The first-order valence-electron chi connectivity index (χ1n) is 5.78. The maximum Gasteiger partial charge on any atom is 0.329 e. The molecule has 0 spiro atoms. The number of hydrogen-bond donors (Lipinski definition) is 1. The van der Waals surface area contributed by atoms with Crippen LogP contribution in [0, 0.1) is 6.92 Å². The van der Waals surface area contributed by atoms with Gasteiger partial charge >= 0.3 is 5.97 Å². The van der Waals surface area contributed by atoms with Gasteiger partial charge in [0.05, 0.1) is 0 Å². The maximum atomic E-state index is 12.3. The van der Waals surface area contributed by atoms with Crippen molar-refractivity contribution < 1.29 is 14.7 Å². The highest BCUT2D eigenvalue weighted by Crippen LogP contribution is 2.18. The molecule has 0 bridgehead atoms. The average Bonchev–Trinajstić information content (AvgIpc) is 2.29. The van der Waals surface area contributed by atoms with E-state index in [9.17, 15) is 14.7 Å². The zero-order valence-corrected chi connectivity index (χ0v) is 11.1. The van der Waals surface area contributed by atoms with Gasteiger partial charge < -0.3 is 10.0 Å². The summed E-state index contributed by atoms with van der Waals surface area (Å²) in [5.74, 6) is -1.32. The minimum atomic E-state index is -1.23. The molecule has 0 aliphatic heterocycles. The standard InChI is InChI=1S/C13H18N2O3/c1-5-15(13(3,4)12(17)18)11(16)10-6-7-14-9(2)8-10/h6-8H,5H2,1-4H3,(H,17,18). The third-order valence-corrected chi connectivity index (χ3v) is 2.90. The lowest BCUT2D eigenvalue weighted by Gasteiger charge is -2.34. The van der Waals surface area contributed by atoms with E-state index in [0.29, 0.717) is 12.1 Å². The summed E-state index contributed by atoms with van der Waals surface area (Å²) in [5, 5.41) is 9.19. The molecule has 0 saturated heterocycles. The van der Waals surface area contributed by atoms with Gasteiger partial charge in [0.2, 0.25) is 0 Å². The highest BCUT2D eigenvalue weighted by atomic mass is 16.4. The van der Waals surface area contributed by atoms with Crippen molar-refractivity contribution in [3.05, 3.63) is 29.6 Å². The van der Waals surface area contributed by atoms with E-state index >= 15 is 0 Å². The molecule has 0 aromatic carbocycles. The topological polar surface area (TPSA) is 70.5 Å². The minimum Gasteiger partial charge on any atom is -0.480 e. The van der Waals surface area contributed by atoms with Gasteiger partial charge in [0, 0.05) is 24.0 Å². The monoisotopic (exact) mass is 250 g/mol. The number of amides is 1. The van der Waals surface area contributed by atoms with Crippen LogP contribution in [0.5, 0.6) is 0 Å². The van der Waals surface area contributed by atoms with Crippen LogP contribution in [0.2, 0.25) is 0 Å². The number of rotatable bonds is 4. The van der Waals surface area contributed by atoms with Crippen molar-refractivity contribution in [2.45, 2.75) is 33.2 Å². The summed E-state index contributed by atoms with van der Waals surface area (Å²) in [6.45, 7) is 6.92. The molecule has 0 aliphatic carbocycles. The van der Waals surface area contributed by atoms with Crippen LogP contribution in [0.4, 0.5) is 0 Å². The fraction of sp³-hybridized carbons (Fsp3) is 0.462. The summed E-state index contributed by atoms with van der Waals surface area (Å²) in [6.07, 6.45) is 1.55. The number of carboxylic acid groups (broad SMARTS) is 1. The van der Waals surface area contributed by atoms with Gasteiger partial charge in [-0.2, -0.15) is 0 Å². The van der Waals surface area contributed by atoms with Crippen LogP contribution >= 0.6 is 0 Å². The second-order valence-corrected chi connectivity index (χ2v) is 4.60. The molecule has 5 heteroatoms. The molecule has 0 unspecified atom stereocenters. The van der Waals surface area contributed by atoms with Crippen molar-refractivity contribution in [1.82, 2.24) is 9.88 Å². The van der Waals surface area contributed by atoms with Gasteiger partial charge in [0.1, 0.15) is 5.54 Å². The lowest BCUT2D eigenvalue weighted by atomic mass is 10.0. The number of nitrogens with zero attached hydrogens (tertiary/aromatic N) is 2. The maximum absolute atomic E-state index is 12.3. The van der Waals surface area contributed by atoms with Crippen molar-refractivity contribution in [2.75, 3.05) is 6.54 Å². The van der Waals surface area contributed by atoms with E-state index in [1.807, 2.05) is 0 Å². The number of carboxylic acids is 1. The summed E-state index contributed by atoms with van der Waals surface area (Å²) in [4.78, 5) is 28.9. The van der Waals surface area contributed by atoms with Crippen molar-refractivity contribution >= 4 is 11.9 Å². The molecular formula is C13H18N2O3. The number of pyridine rings is 1. The van der Waals surface area contributed by atoms with E-state index < -0.39 is 11.5 Å². The molecule has 98 valence electrons. The third kappa shape index (κ3) is 2.67. The zero-order chi connectivity index (χ0) is 13.9. The fourth-order valence-corrected chi connectivity index (χ4v) is 1.74. The Morgan fingerprint density at radius 1 is 1.44 bits per heavy atom. The van der Waals surface area contributed by atoms with Crippen LogP contribution in [0.1, 0.15) is 36.8 Å². The van der Waals surface area contributed by atoms with Crippen LogP contribution in [0.3, 0.4) is 0 Å². The molecule has 0 radical (unpaired) electrons. The van der Waals surface area contributed by atoms with Crippen LogP contribution in [-0.4, -0.2) is 39.0 Å². The number of carbonyl (C=O) groups is 2. The van der Waals surface area contributed by atoms with E-state index in [-0.39, 0.29) is 5.91 Å². The highest BCUT2D eigenvalue weighted by molar-refractivity contribution is 5.97. The Labute approximate surface area is 106 Å². The van der Waals surface area contributed by atoms with Crippen molar-refractivity contribution in [2.24, 2.45) is 0 Å². The highest BCUT2D eigenvalue weighted by Gasteiger charge is 2.37. The molecular weight excluding hydrogens is 232 g/mol. The largest absolute Gasteiger partial charge is 0.480 e. The molecule has 0 fully saturated rings. The second-order valence-electron chi connectivity index (χ2n) is 4.60. The van der Waals surface area contributed by atoms with E-state index in [1.54, 1.807) is 32.2 Å². The molecule has 0 aliphatic rings. The number of aromatic nitrogens is 1. The lowest BCUT2D eigenvalue weighted by molar-refractivity contribution is -0.147. The molecule has 1 amide bonds. The first kappa shape index (κ1) is 14.2. The van der Waals surface area contributed by atoms with Gasteiger partial charge in [-0.1, -0.05) is 0 Å². The summed E-state index contributed by atoms with van der Waals surface area (Å²) in [7, 11) is 0. The number of hydrogen-bond acceptors (Lipinski definition) is 3. The summed E-state index contributed by atoms with van der Waals surface area (Å²) < 4.78 is 0. The smallest absolute Gasteiger partial charge is 0.329 e. The van der Waals surface area contributed by atoms with E-state index in [4.69, 9.17) is 0 Å². The van der Waals surface area contributed by atoms with Gasteiger partial charge in [-0.15, -0.1) is 0 Å². The molecule has 1 heterocycles. The Morgan fingerprint density at radius 2 is 2.06 bits per heavy atom. The second kappa shape index (κ2) is 5.16. The summed E-state index contributed by atoms with van der Waals surface area (Å²) in [5.41, 5.74) is -0.0491. The number of carbonyl (C=O) groups excluding carboxylic acids is 1. The average molecular weight is 250 g/mol. The summed E-state index contributed by atoms with van der Waals surface area (Å²) in [6, 6.07) is 3.25. The number of aliphatic carboxylic acids is 1. The Kier molecular flexibility index (Phi) is 4.06. The van der Waals surface area contributed by atoms with Crippen LogP contribution in [0.15, 0.2) is 18.3 Å². The molecule has 0 atom stereocenters. The van der Waals surface area contributed by atoms with Crippen molar-refractivity contribution in [1.29, 1.82) is 0 Å². The molecule has 18 heavy (non-hydrogen) atoms. The molecule has 1 aromatic heterocycles. The van der Waals surface area contributed by atoms with Crippen LogP contribution in [-0.2, 0) is 4.79 Å². The van der Waals surface area contributed by atoms with Gasteiger partial charge in [0.25, 0.3) is 5.91 Å². The van der Waals surface area contributed by atoms with E-state index in [1.165, 1.54) is 18.7 Å². The number of aryl methyl sites for hydroxylation is 1. The van der Waals surface area contributed by atoms with E-state index in [0.717, 1.165) is 5.69 Å². The lowest BCUT2D eigenvalue weighted by Crippen LogP contribution is -2.52.